The molecule has 0 aliphatic heterocycles. The summed E-state index contributed by atoms with van der Waals surface area (Å²) in [5.74, 6) is 0.363. The van der Waals surface area contributed by atoms with E-state index in [2.05, 4.69) is 16.3 Å². The minimum absolute atomic E-state index is 0.159. The molecule has 2 N–H and O–H groups in total. The number of benzene rings is 4. The van der Waals surface area contributed by atoms with E-state index in [0.717, 1.165) is 11.1 Å². The monoisotopic (exact) mass is 541 g/mol. The van der Waals surface area contributed by atoms with Crippen LogP contribution in [-0.4, -0.2) is 28.1 Å². The zero-order valence-corrected chi connectivity index (χ0v) is 23.3. The van der Waals surface area contributed by atoms with Crippen LogP contribution < -0.4 is 5.73 Å². The molecule has 7 heteroatoms. The van der Waals surface area contributed by atoms with E-state index in [1.54, 1.807) is 30.1 Å². The number of amides is 1. The first-order chi connectivity index (χ1) is 19.8. The highest BCUT2D eigenvalue weighted by Gasteiger charge is 2.29. The number of carbonyl (C=O) groups is 1. The van der Waals surface area contributed by atoms with Gasteiger partial charge in [0, 0.05) is 18.2 Å². The number of hydrogen-bond donors (Lipinski definition) is 1. The fourth-order valence-corrected chi connectivity index (χ4v) is 4.86. The molecule has 5 rings (SSSR count). The van der Waals surface area contributed by atoms with E-state index >= 15 is 0 Å². The van der Waals surface area contributed by atoms with Crippen LogP contribution in [0.2, 0.25) is 0 Å². The highest BCUT2D eigenvalue weighted by molar-refractivity contribution is 5.97. The summed E-state index contributed by atoms with van der Waals surface area (Å²) in [6.45, 7) is 3.84. The minimum atomic E-state index is -0.901. The van der Waals surface area contributed by atoms with Crippen molar-refractivity contribution in [3.05, 3.63) is 131 Å². The van der Waals surface area contributed by atoms with Crippen molar-refractivity contribution in [2.24, 2.45) is 5.73 Å². The standard InChI is InChI=1S/C34H31N5O2/c1-23(25-14-8-5-9-15-25)39(3)32(40)29-19-27(30-17-11-10-16-26(30)22-35)18-28(20-29)31-37-38-33(41-31)34(2,36)21-24-12-6-4-7-13-24/h4-20,23H,21,36H2,1-3H3/t23-,34-/m1/s1. The largest absolute Gasteiger partial charge is 0.419 e. The van der Waals surface area contributed by atoms with Gasteiger partial charge in [-0.25, -0.2) is 0 Å². The van der Waals surface area contributed by atoms with Crippen molar-refractivity contribution in [1.82, 2.24) is 15.1 Å². The van der Waals surface area contributed by atoms with Gasteiger partial charge in [-0.1, -0.05) is 78.9 Å². The molecule has 0 bridgehead atoms. The molecular formula is C34H31N5O2. The second kappa shape index (κ2) is 11.6. The lowest BCUT2D eigenvalue weighted by atomic mass is 9.94. The topological polar surface area (TPSA) is 109 Å². The van der Waals surface area contributed by atoms with Gasteiger partial charge in [0.1, 0.15) is 0 Å². The number of carbonyl (C=O) groups excluding carboxylic acids is 1. The van der Waals surface area contributed by atoms with Gasteiger partial charge in [-0.15, -0.1) is 10.2 Å². The number of nitrogens with zero attached hydrogens (tertiary/aromatic N) is 4. The average molecular weight is 542 g/mol. The van der Waals surface area contributed by atoms with Crippen LogP contribution in [0.4, 0.5) is 0 Å². The summed E-state index contributed by atoms with van der Waals surface area (Å²) in [6, 6.07) is 34.5. The van der Waals surface area contributed by atoms with Crippen molar-refractivity contribution in [3.8, 4) is 28.7 Å². The molecule has 41 heavy (non-hydrogen) atoms. The van der Waals surface area contributed by atoms with Crippen molar-refractivity contribution in [2.75, 3.05) is 7.05 Å². The normalized spacial score (nSPS) is 13.1. The van der Waals surface area contributed by atoms with Gasteiger partial charge in [0.25, 0.3) is 5.91 Å². The molecule has 4 aromatic carbocycles. The molecule has 0 spiro atoms. The van der Waals surface area contributed by atoms with Gasteiger partial charge in [0.05, 0.1) is 23.2 Å². The van der Waals surface area contributed by atoms with Crippen molar-refractivity contribution in [1.29, 1.82) is 5.26 Å². The summed E-state index contributed by atoms with van der Waals surface area (Å²) in [5.41, 5.74) is 10.7. The zero-order valence-electron chi connectivity index (χ0n) is 23.3. The number of nitriles is 1. The molecule has 0 saturated heterocycles. The first-order valence-electron chi connectivity index (χ1n) is 13.4. The molecule has 0 fully saturated rings. The fourth-order valence-electron chi connectivity index (χ4n) is 4.86. The molecule has 0 saturated carbocycles. The van der Waals surface area contributed by atoms with Crippen LogP contribution in [-0.2, 0) is 12.0 Å². The van der Waals surface area contributed by atoms with E-state index < -0.39 is 5.54 Å². The van der Waals surface area contributed by atoms with Crippen LogP contribution in [0.1, 0.15) is 52.8 Å². The Bertz CT molecular complexity index is 1700. The Balaban J connectivity index is 1.55. The van der Waals surface area contributed by atoms with Gasteiger partial charge < -0.3 is 15.1 Å². The van der Waals surface area contributed by atoms with Gasteiger partial charge in [-0.05, 0) is 66.8 Å². The van der Waals surface area contributed by atoms with Crippen LogP contribution in [0.5, 0.6) is 0 Å². The first-order valence-corrected chi connectivity index (χ1v) is 13.4. The van der Waals surface area contributed by atoms with Crippen molar-refractivity contribution in [2.45, 2.75) is 31.8 Å². The summed E-state index contributed by atoms with van der Waals surface area (Å²) >= 11 is 0. The summed E-state index contributed by atoms with van der Waals surface area (Å²) in [6.07, 6.45) is 0.511. The average Bonchev–Trinajstić information content (AvgIpc) is 3.52. The quantitative estimate of drug-likeness (QED) is 0.239. The van der Waals surface area contributed by atoms with Crippen LogP contribution in [0.15, 0.2) is 108 Å². The maximum absolute atomic E-state index is 13.8. The third kappa shape index (κ3) is 5.93. The molecule has 1 heterocycles. The molecule has 204 valence electrons. The molecule has 1 aromatic heterocycles. The minimum Gasteiger partial charge on any atom is -0.419 e. The summed E-state index contributed by atoms with van der Waals surface area (Å²) in [7, 11) is 1.78. The van der Waals surface area contributed by atoms with E-state index in [4.69, 9.17) is 10.2 Å². The van der Waals surface area contributed by atoms with Crippen LogP contribution in [0.25, 0.3) is 22.6 Å². The van der Waals surface area contributed by atoms with E-state index in [1.807, 2.05) is 98.8 Å². The maximum Gasteiger partial charge on any atom is 0.254 e. The third-order valence-electron chi connectivity index (χ3n) is 7.30. The first kappa shape index (κ1) is 27.5. The lowest BCUT2D eigenvalue weighted by molar-refractivity contribution is 0.0742. The molecule has 7 nitrogen and oxygen atoms in total. The SMILES string of the molecule is C[C@H](c1ccccc1)N(C)C(=O)c1cc(-c2nnc([C@](C)(N)Cc3ccccc3)o2)cc(-c2ccccc2C#N)c1. The number of nitrogens with two attached hydrogens (primary N) is 1. The van der Waals surface area contributed by atoms with Gasteiger partial charge in [0.2, 0.25) is 11.8 Å². The summed E-state index contributed by atoms with van der Waals surface area (Å²) in [5, 5.41) is 18.4. The van der Waals surface area contributed by atoms with E-state index in [-0.39, 0.29) is 17.8 Å². The Labute approximate surface area is 239 Å². The molecule has 5 aromatic rings. The van der Waals surface area contributed by atoms with Crippen molar-refractivity contribution < 1.29 is 9.21 Å². The van der Waals surface area contributed by atoms with Crippen molar-refractivity contribution in [3.63, 3.8) is 0 Å². The van der Waals surface area contributed by atoms with Crippen LogP contribution in [0.3, 0.4) is 0 Å². The molecule has 0 aliphatic carbocycles. The molecule has 0 radical (unpaired) electrons. The zero-order chi connectivity index (χ0) is 29.0. The van der Waals surface area contributed by atoms with E-state index in [0.29, 0.717) is 40.1 Å². The Hall–Kier alpha value is -5.06. The highest BCUT2D eigenvalue weighted by atomic mass is 16.4. The predicted molar refractivity (Wildman–Crippen MR) is 159 cm³/mol. The van der Waals surface area contributed by atoms with Gasteiger partial charge in [0.15, 0.2) is 0 Å². The van der Waals surface area contributed by atoms with Gasteiger partial charge >= 0.3 is 0 Å². The number of hydrogen-bond acceptors (Lipinski definition) is 6. The lowest BCUT2D eigenvalue weighted by Crippen LogP contribution is -2.35. The van der Waals surface area contributed by atoms with Crippen LogP contribution >= 0.6 is 0 Å². The Morgan fingerprint density at radius 3 is 2.29 bits per heavy atom. The lowest BCUT2D eigenvalue weighted by Gasteiger charge is -2.26. The molecule has 1 amide bonds. The number of rotatable bonds is 8. The van der Waals surface area contributed by atoms with E-state index in [1.165, 1.54) is 0 Å². The summed E-state index contributed by atoms with van der Waals surface area (Å²) in [4.78, 5) is 15.5. The second-order valence-electron chi connectivity index (χ2n) is 10.5. The third-order valence-corrected chi connectivity index (χ3v) is 7.30. The highest BCUT2D eigenvalue weighted by Crippen LogP contribution is 2.32. The van der Waals surface area contributed by atoms with Crippen molar-refractivity contribution >= 4 is 5.91 Å². The van der Waals surface area contributed by atoms with E-state index in [9.17, 15) is 10.1 Å². The van der Waals surface area contributed by atoms with Gasteiger partial charge in [-0.3, -0.25) is 4.79 Å². The molecular weight excluding hydrogens is 510 g/mol. The molecule has 2 atom stereocenters. The summed E-state index contributed by atoms with van der Waals surface area (Å²) < 4.78 is 6.13. The smallest absolute Gasteiger partial charge is 0.254 e. The predicted octanol–water partition coefficient (Wildman–Crippen LogP) is 6.53. The Morgan fingerprint density at radius 2 is 1.59 bits per heavy atom. The molecule has 0 aliphatic rings. The second-order valence-corrected chi connectivity index (χ2v) is 10.5. The Kier molecular flexibility index (Phi) is 7.77. The molecule has 0 unspecified atom stereocenters. The number of aromatic nitrogens is 2. The maximum atomic E-state index is 13.8. The fraction of sp³-hybridized carbons (Fsp3) is 0.176. The van der Waals surface area contributed by atoms with Crippen LogP contribution in [0, 0.1) is 11.3 Å². The van der Waals surface area contributed by atoms with Gasteiger partial charge in [-0.2, -0.15) is 5.26 Å². The Morgan fingerprint density at radius 1 is 0.951 bits per heavy atom.